The van der Waals surface area contributed by atoms with E-state index < -0.39 is 0 Å². The van der Waals surface area contributed by atoms with E-state index in [1.54, 1.807) is 0 Å². The zero-order chi connectivity index (χ0) is 12.8. The summed E-state index contributed by atoms with van der Waals surface area (Å²) >= 11 is 2.05. The highest BCUT2D eigenvalue weighted by atomic mass is 32.2. The van der Waals surface area contributed by atoms with E-state index in [0.717, 1.165) is 13.0 Å². The number of nitrogens with two attached hydrogens (primary N) is 1. The zero-order valence-electron chi connectivity index (χ0n) is 11.4. The maximum Gasteiger partial charge on any atom is 0.0576 e. The lowest BCUT2D eigenvalue weighted by molar-refractivity contribution is 0.0995. The van der Waals surface area contributed by atoms with Gasteiger partial charge in [-0.2, -0.15) is 11.8 Å². The number of hydrogen-bond acceptors (Lipinski definition) is 5. The molecule has 4 nitrogen and oxygen atoms in total. The second kappa shape index (κ2) is 7.70. The van der Waals surface area contributed by atoms with Crippen molar-refractivity contribution in [2.24, 2.45) is 5.84 Å². The van der Waals surface area contributed by atoms with Crippen LogP contribution in [0.25, 0.3) is 0 Å². The van der Waals surface area contributed by atoms with E-state index in [4.69, 9.17) is 10.6 Å². The average Bonchev–Trinajstić information content (AvgIpc) is 2.89. The fourth-order valence-corrected chi connectivity index (χ4v) is 4.27. The van der Waals surface area contributed by atoms with Crippen molar-refractivity contribution in [2.75, 3.05) is 31.7 Å². The molecule has 0 aliphatic carbocycles. The van der Waals surface area contributed by atoms with Crippen LogP contribution < -0.4 is 11.3 Å². The Balaban J connectivity index is 1.70. The molecule has 0 aromatic heterocycles. The molecule has 2 fully saturated rings. The summed E-state index contributed by atoms with van der Waals surface area (Å²) in [5.74, 6) is 8.19. The van der Waals surface area contributed by atoms with Gasteiger partial charge in [0.15, 0.2) is 0 Å². The van der Waals surface area contributed by atoms with Gasteiger partial charge in [-0.3, -0.25) is 11.3 Å². The standard InChI is InChI=1S/C13H27N3OS/c1-16-7-9-18-10-13(16)12(15-14)6-2-4-11-5-3-8-17-11/h11-13,15H,2-10,14H2,1H3. The summed E-state index contributed by atoms with van der Waals surface area (Å²) in [5.41, 5.74) is 3.03. The van der Waals surface area contributed by atoms with E-state index in [1.807, 2.05) is 11.8 Å². The van der Waals surface area contributed by atoms with Gasteiger partial charge >= 0.3 is 0 Å². The maximum absolute atomic E-state index is 5.74. The Morgan fingerprint density at radius 2 is 2.44 bits per heavy atom. The molecule has 0 saturated carbocycles. The normalized spacial score (nSPS) is 31.7. The fourth-order valence-electron chi connectivity index (χ4n) is 2.95. The highest BCUT2D eigenvalue weighted by Gasteiger charge is 2.27. The largest absolute Gasteiger partial charge is 0.378 e. The molecule has 2 saturated heterocycles. The quantitative estimate of drug-likeness (QED) is 0.563. The van der Waals surface area contributed by atoms with Crippen LogP contribution in [0.1, 0.15) is 32.1 Å². The molecular formula is C13H27N3OS. The van der Waals surface area contributed by atoms with Crippen LogP contribution in [0, 0.1) is 0 Å². The van der Waals surface area contributed by atoms with E-state index in [2.05, 4.69) is 17.4 Å². The molecule has 2 heterocycles. The minimum Gasteiger partial charge on any atom is -0.378 e. The lowest BCUT2D eigenvalue weighted by Crippen LogP contribution is -2.54. The monoisotopic (exact) mass is 273 g/mol. The number of nitrogens with one attached hydrogen (secondary N) is 1. The van der Waals surface area contributed by atoms with Gasteiger partial charge in [0, 0.05) is 36.7 Å². The van der Waals surface area contributed by atoms with E-state index in [9.17, 15) is 0 Å². The van der Waals surface area contributed by atoms with Crippen LogP contribution in [0.5, 0.6) is 0 Å². The summed E-state index contributed by atoms with van der Waals surface area (Å²) in [4.78, 5) is 2.45. The third-order valence-corrected chi connectivity index (χ3v) is 5.24. The summed E-state index contributed by atoms with van der Waals surface area (Å²) in [6.07, 6.45) is 6.58. The summed E-state index contributed by atoms with van der Waals surface area (Å²) in [5, 5.41) is 0. The SMILES string of the molecule is CN1CCSCC1C(CCCC1CCCO1)NN. The van der Waals surface area contributed by atoms with Crippen molar-refractivity contribution in [3.8, 4) is 0 Å². The second-order valence-corrected chi connectivity index (χ2v) is 6.61. The van der Waals surface area contributed by atoms with E-state index in [1.165, 1.54) is 43.7 Å². The number of nitrogens with zero attached hydrogens (tertiary/aromatic N) is 1. The molecule has 2 rings (SSSR count). The van der Waals surface area contributed by atoms with Crippen molar-refractivity contribution in [1.82, 2.24) is 10.3 Å². The molecule has 0 aromatic rings. The number of hydrazine groups is 1. The molecule has 2 aliphatic heterocycles. The average molecular weight is 273 g/mol. The van der Waals surface area contributed by atoms with Crippen LogP contribution in [0.4, 0.5) is 0 Å². The summed E-state index contributed by atoms with van der Waals surface area (Å²) in [6, 6.07) is 1.00. The molecule has 0 spiro atoms. The van der Waals surface area contributed by atoms with Gasteiger partial charge < -0.3 is 9.64 Å². The molecule has 106 valence electrons. The fraction of sp³-hybridized carbons (Fsp3) is 1.00. The predicted molar refractivity (Wildman–Crippen MR) is 77.7 cm³/mol. The van der Waals surface area contributed by atoms with Crippen LogP contribution in [0.15, 0.2) is 0 Å². The zero-order valence-corrected chi connectivity index (χ0v) is 12.3. The number of hydrogen-bond donors (Lipinski definition) is 2. The summed E-state index contributed by atoms with van der Waals surface area (Å²) < 4.78 is 5.67. The molecular weight excluding hydrogens is 246 g/mol. The third-order valence-electron chi connectivity index (χ3n) is 4.19. The predicted octanol–water partition coefficient (Wildman–Crippen LogP) is 1.21. The van der Waals surface area contributed by atoms with Crippen LogP contribution in [-0.4, -0.2) is 54.8 Å². The highest BCUT2D eigenvalue weighted by Crippen LogP contribution is 2.22. The molecule has 5 heteroatoms. The smallest absolute Gasteiger partial charge is 0.0576 e. The van der Waals surface area contributed by atoms with E-state index in [0.29, 0.717) is 18.2 Å². The van der Waals surface area contributed by atoms with E-state index in [-0.39, 0.29) is 0 Å². The van der Waals surface area contributed by atoms with Crippen molar-refractivity contribution >= 4 is 11.8 Å². The first kappa shape index (κ1) is 14.6. The molecule has 3 atom stereocenters. The number of rotatable bonds is 6. The molecule has 0 amide bonds. The van der Waals surface area contributed by atoms with Gasteiger partial charge in [0.25, 0.3) is 0 Å². The lowest BCUT2D eigenvalue weighted by Gasteiger charge is -2.37. The van der Waals surface area contributed by atoms with Crippen LogP contribution >= 0.6 is 11.8 Å². The summed E-state index contributed by atoms with van der Waals surface area (Å²) in [6.45, 7) is 2.14. The molecule has 2 aliphatic rings. The number of thioether (sulfide) groups is 1. The number of ether oxygens (including phenoxy) is 1. The Hall–Kier alpha value is 0.190. The minimum atomic E-state index is 0.421. The van der Waals surface area contributed by atoms with Gasteiger partial charge in [-0.05, 0) is 39.2 Å². The molecule has 0 bridgehead atoms. The van der Waals surface area contributed by atoms with Crippen LogP contribution in [0.3, 0.4) is 0 Å². The van der Waals surface area contributed by atoms with Gasteiger partial charge in [-0.15, -0.1) is 0 Å². The number of likely N-dealkylation sites (N-methyl/N-ethyl adjacent to an activating group) is 1. The van der Waals surface area contributed by atoms with Gasteiger partial charge in [0.1, 0.15) is 0 Å². The summed E-state index contributed by atoms with van der Waals surface area (Å²) in [7, 11) is 2.22. The van der Waals surface area contributed by atoms with Gasteiger partial charge in [0.05, 0.1) is 6.10 Å². The third kappa shape index (κ3) is 4.10. The van der Waals surface area contributed by atoms with Crippen molar-refractivity contribution in [3.63, 3.8) is 0 Å². The first-order valence-electron chi connectivity index (χ1n) is 7.17. The molecule has 3 N–H and O–H groups in total. The topological polar surface area (TPSA) is 50.5 Å². The van der Waals surface area contributed by atoms with Gasteiger partial charge in [0.2, 0.25) is 0 Å². The van der Waals surface area contributed by atoms with Crippen LogP contribution in [0.2, 0.25) is 0 Å². The highest BCUT2D eigenvalue weighted by molar-refractivity contribution is 7.99. The first-order valence-corrected chi connectivity index (χ1v) is 8.32. The van der Waals surface area contributed by atoms with Crippen molar-refractivity contribution < 1.29 is 4.74 Å². The Kier molecular flexibility index (Phi) is 6.24. The maximum atomic E-state index is 5.74. The minimum absolute atomic E-state index is 0.421. The van der Waals surface area contributed by atoms with Crippen molar-refractivity contribution in [2.45, 2.75) is 50.3 Å². The van der Waals surface area contributed by atoms with Gasteiger partial charge in [-0.25, -0.2) is 0 Å². The Morgan fingerprint density at radius 3 is 3.11 bits per heavy atom. The Bertz CT molecular complexity index is 236. The van der Waals surface area contributed by atoms with Gasteiger partial charge in [-0.1, -0.05) is 0 Å². The molecule has 0 radical (unpaired) electrons. The van der Waals surface area contributed by atoms with Crippen LogP contribution in [-0.2, 0) is 4.74 Å². The van der Waals surface area contributed by atoms with E-state index >= 15 is 0 Å². The Labute approximate surface area is 115 Å². The van der Waals surface area contributed by atoms with Crippen molar-refractivity contribution in [3.05, 3.63) is 0 Å². The molecule has 3 unspecified atom stereocenters. The molecule has 18 heavy (non-hydrogen) atoms. The lowest BCUT2D eigenvalue weighted by atomic mass is 10.00. The van der Waals surface area contributed by atoms with Crippen molar-refractivity contribution in [1.29, 1.82) is 0 Å². The first-order chi connectivity index (χ1) is 8.81. The second-order valence-electron chi connectivity index (χ2n) is 5.46. The Morgan fingerprint density at radius 1 is 1.56 bits per heavy atom. The molecule has 0 aromatic carbocycles.